The van der Waals surface area contributed by atoms with Gasteiger partial charge in [-0.1, -0.05) is 53.5 Å². The number of hydrogen-bond acceptors (Lipinski definition) is 2. The molecule has 1 aliphatic heterocycles. The Morgan fingerprint density at radius 1 is 1.00 bits per heavy atom. The quantitative estimate of drug-likeness (QED) is 0.806. The van der Waals surface area contributed by atoms with Crippen LogP contribution in [0, 0.1) is 0 Å². The highest BCUT2D eigenvalue weighted by Crippen LogP contribution is 2.42. The summed E-state index contributed by atoms with van der Waals surface area (Å²) in [6, 6.07) is 10.3. The molecule has 1 N–H and O–H groups in total. The van der Waals surface area contributed by atoms with E-state index in [9.17, 15) is 9.59 Å². The van der Waals surface area contributed by atoms with E-state index >= 15 is 4.39 Å². The van der Waals surface area contributed by atoms with E-state index < -0.39 is 17.4 Å². The van der Waals surface area contributed by atoms with E-state index in [4.69, 9.17) is 23.2 Å². The van der Waals surface area contributed by atoms with Gasteiger partial charge in [0.1, 0.15) is 0 Å². The van der Waals surface area contributed by atoms with Crippen LogP contribution in [0.3, 0.4) is 0 Å². The van der Waals surface area contributed by atoms with Gasteiger partial charge in [-0.15, -0.1) is 0 Å². The number of nitrogens with one attached hydrogen (secondary N) is 1. The molecule has 0 unspecified atom stereocenters. The maximum absolute atomic E-state index is 15.2. The fraction of sp³-hybridized carbons (Fsp3) is 0.0667. The molecule has 1 aliphatic rings. The Morgan fingerprint density at radius 2 is 1.67 bits per heavy atom. The minimum Gasteiger partial charge on any atom is -0.321 e. The minimum absolute atomic E-state index is 0.00430. The zero-order chi connectivity index (χ0) is 15.2. The summed E-state index contributed by atoms with van der Waals surface area (Å²) >= 11 is 11.8. The van der Waals surface area contributed by atoms with Crippen molar-refractivity contribution >= 4 is 40.6 Å². The lowest BCUT2D eigenvalue weighted by molar-refractivity contribution is -0.125. The highest BCUT2D eigenvalue weighted by Gasteiger charge is 2.52. The van der Waals surface area contributed by atoms with Gasteiger partial charge in [-0.25, -0.2) is 4.39 Å². The second kappa shape index (κ2) is 4.83. The van der Waals surface area contributed by atoms with Crippen LogP contribution < -0.4 is 5.32 Å². The summed E-state index contributed by atoms with van der Waals surface area (Å²) in [5.74, 6) is -2.03. The van der Waals surface area contributed by atoms with E-state index in [1.54, 1.807) is 18.2 Å². The Morgan fingerprint density at radius 3 is 2.33 bits per heavy atom. The van der Waals surface area contributed by atoms with Crippen LogP contribution in [0.2, 0.25) is 10.0 Å². The number of carbonyl (C=O) groups excluding carboxylic acids is 2. The number of anilines is 1. The summed E-state index contributed by atoms with van der Waals surface area (Å²) in [4.78, 5) is 24.6. The van der Waals surface area contributed by atoms with E-state index in [1.165, 1.54) is 24.3 Å². The molecule has 1 atom stereocenters. The summed E-state index contributed by atoms with van der Waals surface area (Å²) in [6.07, 6.45) is 0. The van der Waals surface area contributed by atoms with Crippen molar-refractivity contribution in [2.24, 2.45) is 0 Å². The van der Waals surface area contributed by atoms with Gasteiger partial charge in [-0.2, -0.15) is 0 Å². The molecule has 0 aromatic heterocycles. The standard InChI is InChI=1S/C15H8Cl2FNO2/c16-10-7-6-9-12(11(10)17)19-14(21)15(18,13(9)20)8-4-2-1-3-5-8/h1-7H,(H,19,21)/t15-/m1/s1. The van der Waals surface area contributed by atoms with Crippen LogP contribution in [-0.4, -0.2) is 11.7 Å². The molecule has 0 radical (unpaired) electrons. The van der Waals surface area contributed by atoms with Crippen molar-refractivity contribution in [2.75, 3.05) is 5.32 Å². The number of amides is 1. The number of Topliss-reactive ketones (excluding diaryl/α,β-unsaturated/α-hetero) is 1. The van der Waals surface area contributed by atoms with E-state index in [2.05, 4.69) is 5.32 Å². The van der Waals surface area contributed by atoms with Crippen LogP contribution in [0.15, 0.2) is 42.5 Å². The molecular weight excluding hydrogens is 316 g/mol. The third-order valence-corrected chi connectivity index (χ3v) is 4.18. The van der Waals surface area contributed by atoms with E-state index in [-0.39, 0.29) is 26.9 Å². The molecule has 2 aromatic rings. The van der Waals surface area contributed by atoms with Gasteiger partial charge >= 0.3 is 0 Å². The fourth-order valence-electron chi connectivity index (χ4n) is 2.28. The Labute approximate surface area is 129 Å². The molecule has 1 amide bonds. The average molecular weight is 324 g/mol. The van der Waals surface area contributed by atoms with Gasteiger partial charge in [-0.3, -0.25) is 9.59 Å². The Bertz CT molecular complexity index is 764. The van der Waals surface area contributed by atoms with Crippen molar-refractivity contribution in [1.82, 2.24) is 0 Å². The van der Waals surface area contributed by atoms with E-state index in [0.29, 0.717) is 0 Å². The molecule has 3 nitrogen and oxygen atoms in total. The molecule has 1 heterocycles. The van der Waals surface area contributed by atoms with Crippen molar-refractivity contribution in [3.05, 3.63) is 63.6 Å². The van der Waals surface area contributed by atoms with Crippen molar-refractivity contribution < 1.29 is 14.0 Å². The second-order valence-electron chi connectivity index (χ2n) is 4.59. The number of carbonyl (C=O) groups is 2. The lowest BCUT2D eigenvalue weighted by Gasteiger charge is -2.29. The molecule has 2 aromatic carbocycles. The monoisotopic (exact) mass is 323 g/mol. The van der Waals surface area contributed by atoms with Crippen LogP contribution in [0.25, 0.3) is 0 Å². The number of benzene rings is 2. The van der Waals surface area contributed by atoms with Gasteiger partial charge in [0.2, 0.25) is 5.78 Å². The maximum atomic E-state index is 15.2. The van der Waals surface area contributed by atoms with Gasteiger partial charge < -0.3 is 5.32 Å². The van der Waals surface area contributed by atoms with Crippen molar-refractivity contribution in [1.29, 1.82) is 0 Å². The molecule has 0 saturated carbocycles. The second-order valence-corrected chi connectivity index (χ2v) is 5.38. The SMILES string of the molecule is O=C1Nc2c(ccc(Cl)c2Cl)C(=O)[C@]1(F)c1ccccc1. The Hall–Kier alpha value is -1.91. The normalized spacial score (nSPS) is 20.9. The van der Waals surface area contributed by atoms with Crippen LogP contribution in [0.1, 0.15) is 15.9 Å². The predicted molar refractivity (Wildman–Crippen MR) is 78.7 cm³/mol. The highest BCUT2D eigenvalue weighted by atomic mass is 35.5. The van der Waals surface area contributed by atoms with Gasteiger partial charge in [0.15, 0.2) is 0 Å². The first-order valence-corrected chi connectivity index (χ1v) is 6.80. The Balaban J connectivity index is 2.22. The summed E-state index contributed by atoms with van der Waals surface area (Å²) in [5, 5.41) is 2.53. The average Bonchev–Trinajstić information content (AvgIpc) is 2.50. The topological polar surface area (TPSA) is 46.2 Å². The molecule has 0 bridgehead atoms. The zero-order valence-electron chi connectivity index (χ0n) is 10.5. The first-order chi connectivity index (χ1) is 9.96. The predicted octanol–water partition coefficient (Wildman–Crippen LogP) is 3.99. The molecule has 6 heteroatoms. The van der Waals surface area contributed by atoms with Crippen molar-refractivity contribution in [3.8, 4) is 0 Å². The molecule has 106 valence electrons. The van der Waals surface area contributed by atoms with Crippen LogP contribution >= 0.6 is 23.2 Å². The molecule has 0 saturated heterocycles. The molecule has 0 fully saturated rings. The van der Waals surface area contributed by atoms with Crippen LogP contribution in [0.4, 0.5) is 10.1 Å². The summed E-state index contributed by atoms with van der Waals surface area (Å²) in [5.41, 5.74) is -2.76. The number of halogens is 3. The van der Waals surface area contributed by atoms with Crippen molar-refractivity contribution in [3.63, 3.8) is 0 Å². The fourth-order valence-corrected chi connectivity index (χ4v) is 2.65. The molecule has 3 rings (SSSR count). The summed E-state index contributed by atoms with van der Waals surface area (Å²) < 4.78 is 15.2. The largest absolute Gasteiger partial charge is 0.321 e. The van der Waals surface area contributed by atoms with Crippen LogP contribution in [-0.2, 0) is 10.5 Å². The van der Waals surface area contributed by atoms with E-state index in [0.717, 1.165) is 0 Å². The number of fused-ring (bicyclic) bond motifs is 1. The van der Waals surface area contributed by atoms with Crippen molar-refractivity contribution in [2.45, 2.75) is 5.67 Å². The molecule has 0 aliphatic carbocycles. The molecule has 21 heavy (non-hydrogen) atoms. The van der Waals surface area contributed by atoms with Gasteiger partial charge in [-0.05, 0) is 12.1 Å². The Kier molecular flexibility index (Phi) is 3.23. The number of ketones is 1. The molecule has 0 spiro atoms. The zero-order valence-corrected chi connectivity index (χ0v) is 12.0. The lowest BCUT2D eigenvalue weighted by atomic mass is 9.83. The number of rotatable bonds is 1. The first-order valence-electron chi connectivity index (χ1n) is 6.05. The van der Waals surface area contributed by atoms with Gasteiger partial charge in [0.25, 0.3) is 11.6 Å². The highest BCUT2D eigenvalue weighted by molar-refractivity contribution is 6.45. The summed E-state index contributed by atoms with van der Waals surface area (Å²) in [6.45, 7) is 0. The van der Waals surface area contributed by atoms with Gasteiger partial charge in [0, 0.05) is 11.1 Å². The molecular formula is C15H8Cl2FNO2. The minimum atomic E-state index is -2.77. The van der Waals surface area contributed by atoms with Crippen LogP contribution in [0.5, 0.6) is 0 Å². The number of hydrogen-bond donors (Lipinski definition) is 1. The number of alkyl halides is 1. The first kappa shape index (κ1) is 14.0. The maximum Gasteiger partial charge on any atom is 0.275 e. The third-order valence-electron chi connectivity index (χ3n) is 3.38. The smallest absolute Gasteiger partial charge is 0.275 e. The lowest BCUT2D eigenvalue weighted by Crippen LogP contribution is -2.47. The third kappa shape index (κ3) is 1.94. The van der Waals surface area contributed by atoms with E-state index in [1.807, 2.05) is 0 Å². The summed E-state index contributed by atoms with van der Waals surface area (Å²) in [7, 11) is 0. The van der Waals surface area contributed by atoms with Gasteiger partial charge in [0.05, 0.1) is 15.7 Å².